The number of pyridine rings is 1. The predicted molar refractivity (Wildman–Crippen MR) is 75.0 cm³/mol. The van der Waals surface area contributed by atoms with Gasteiger partial charge in [-0.25, -0.2) is 8.78 Å². The van der Waals surface area contributed by atoms with E-state index in [1.807, 2.05) is 36.4 Å². The Bertz CT molecular complexity index is 810. The molecule has 20 heavy (non-hydrogen) atoms. The molecule has 3 rings (SSSR count). The van der Waals surface area contributed by atoms with Crippen LogP contribution < -0.4 is 5.43 Å². The Balaban J connectivity index is 2.36. The molecule has 1 aromatic heterocycles. The van der Waals surface area contributed by atoms with E-state index in [0.717, 1.165) is 17.2 Å². The van der Waals surface area contributed by atoms with Crippen LogP contribution in [0.1, 0.15) is 12.1 Å². The van der Waals surface area contributed by atoms with Crippen molar-refractivity contribution in [3.8, 4) is 11.1 Å². The van der Waals surface area contributed by atoms with Gasteiger partial charge in [0.25, 0.3) is 6.43 Å². The molecule has 0 atom stereocenters. The first-order chi connectivity index (χ1) is 9.66. The van der Waals surface area contributed by atoms with Crippen molar-refractivity contribution in [1.82, 2.24) is 4.98 Å². The third kappa shape index (κ3) is 2.09. The number of rotatable bonds is 2. The molecular weight excluding hydrogens is 260 g/mol. The molecule has 0 aliphatic carbocycles. The molecule has 0 bridgehead atoms. The number of aromatic amines is 1. The van der Waals surface area contributed by atoms with Crippen molar-refractivity contribution in [2.45, 2.75) is 6.43 Å². The fraction of sp³-hybridized carbons (Fsp3) is 0.0625. The minimum Gasteiger partial charge on any atom is -0.353 e. The Morgan fingerprint density at radius 3 is 2.40 bits per heavy atom. The molecular formula is C16H11F2NO. The van der Waals surface area contributed by atoms with Gasteiger partial charge in [0, 0.05) is 17.0 Å². The molecule has 0 radical (unpaired) electrons. The SMILES string of the molecule is O=c1cc(C(F)F)[nH]c2c(-c3ccccc3)cccc12. The zero-order valence-corrected chi connectivity index (χ0v) is 10.4. The van der Waals surface area contributed by atoms with Crippen LogP contribution in [0.4, 0.5) is 8.78 Å². The van der Waals surface area contributed by atoms with Crippen LogP contribution in [-0.2, 0) is 0 Å². The van der Waals surface area contributed by atoms with E-state index in [1.165, 1.54) is 0 Å². The molecule has 0 aliphatic heterocycles. The van der Waals surface area contributed by atoms with E-state index in [-0.39, 0.29) is 5.69 Å². The average Bonchev–Trinajstić information content (AvgIpc) is 2.47. The number of para-hydroxylation sites is 1. The van der Waals surface area contributed by atoms with E-state index >= 15 is 0 Å². The lowest BCUT2D eigenvalue weighted by Crippen LogP contribution is -2.06. The number of hydrogen-bond donors (Lipinski definition) is 1. The van der Waals surface area contributed by atoms with Gasteiger partial charge in [-0.2, -0.15) is 0 Å². The summed E-state index contributed by atoms with van der Waals surface area (Å²) in [6.07, 6.45) is -2.70. The molecule has 1 N–H and O–H groups in total. The summed E-state index contributed by atoms with van der Waals surface area (Å²) in [5.74, 6) is 0. The van der Waals surface area contributed by atoms with E-state index in [9.17, 15) is 13.6 Å². The summed E-state index contributed by atoms with van der Waals surface area (Å²) in [5.41, 5.74) is 1.31. The van der Waals surface area contributed by atoms with Gasteiger partial charge in [-0.3, -0.25) is 4.79 Å². The molecule has 0 spiro atoms. The van der Waals surface area contributed by atoms with Gasteiger partial charge < -0.3 is 4.98 Å². The highest BCUT2D eigenvalue weighted by molar-refractivity contribution is 5.93. The Labute approximate surface area is 113 Å². The number of hydrogen-bond acceptors (Lipinski definition) is 1. The third-order valence-corrected chi connectivity index (χ3v) is 3.21. The Kier molecular flexibility index (Phi) is 3.06. The number of fused-ring (bicyclic) bond motifs is 1. The maximum absolute atomic E-state index is 12.8. The second kappa shape index (κ2) is 4.89. The number of H-pyrrole nitrogens is 1. The molecule has 100 valence electrons. The van der Waals surface area contributed by atoms with Gasteiger partial charge in [0.05, 0.1) is 11.2 Å². The topological polar surface area (TPSA) is 32.9 Å². The normalized spacial score (nSPS) is 11.2. The van der Waals surface area contributed by atoms with Gasteiger partial charge in [0.15, 0.2) is 5.43 Å². The zero-order chi connectivity index (χ0) is 14.1. The summed E-state index contributed by atoms with van der Waals surface area (Å²) in [6.45, 7) is 0. The summed E-state index contributed by atoms with van der Waals surface area (Å²) >= 11 is 0. The van der Waals surface area contributed by atoms with Crippen LogP contribution in [0.3, 0.4) is 0 Å². The molecule has 0 fully saturated rings. The van der Waals surface area contributed by atoms with Gasteiger partial charge in [0.1, 0.15) is 0 Å². The first-order valence-corrected chi connectivity index (χ1v) is 6.16. The fourth-order valence-electron chi connectivity index (χ4n) is 2.27. The maximum atomic E-state index is 12.8. The van der Waals surface area contributed by atoms with Crippen molar-refractivity contribution in [2.24, 2.45) is 0 Å². The van der Waals surface area contributed by atoms with Crippen molar-refractivity contribution in [3.05, 3.63) is 70.5 Å². The lowest BCUT2D eigenvalue weighted by Gasteiger charge is -2.09. The summed E-state index contributed by atoms with van der Waals surface area (Å²) < 4.78 is 25.7. The minimum absolute atomic E-state index is 0.356. The number of alkyl halides is 2. The van der Waals surface area contributed by atoms with Gasteiger partial charge >= 0.3 is 0 Å². The molecule has 2 nitrogen and oxygen atoms in total. The molecule has 0 aliphatic rings. The van der Waals surface area contributed by atoms with Crippen molar-refractivity contribution in [3.63, 3.8) is 0 Å². The van der Waals surface area contributed by atoms with Gasteiger partial charge in [-0.05, 0) is 11.6 Å². The van der Waals surface area contributed by atoms with Crippen LogP contribution in [0.2, 0.25) is 0 Å². The van der Waals surface area contributed by atoms with Crippen LogP contribution in [0, 0.1) is 0 Å². The molecule has 0 saturated carbocycles. The predicted octanol–water partition coefficient (Wildman–Crippen LogP) is 4.13. The average molecular weight is 271 g/mol. The zero-order valence-electron chi connectivity index (χ0n) is 10.4. The van der Waals surface area contributed by atoms with Crippen LogP contribution in [0.15, 0.2) is 59.4 Å². The van der Waals surface area contributed by atoms with E-state index in [4.69, 9.17) is 0 Å². The van der Waals surface area contributed by atoms with Crippen molar-refractivity contribution >= 4 is 10.9 Å². The van der Waals surface area contributed by atoms with Crippen LogP contribution in [-0.4, -0.2) is 4.98 Å². The quantitative estimate of drug-likeness (QED) is 0.746. The third-order valence-electron chi connectivity index (χ3n) is 3.21. The van der Waals surface area contributed by atoms with Gasteiger partial charge in [-0.1, -0.05) is 42.5 Å². The summed E-state index contributed by atoms with van der Waals surface area (Å²) in [6, 6.07) is 15.5. The molecule has 0 unspecified atom stereocenters. The second-order valence-electron chi connectivity index (χ2n) is 4.48. The van der Waals surface area contributed by atoms with Crippen molar-refractivity contribution in [1.29, 1.82) is 0 Å². The van der Waals surface area contributed by atoms with Crippen LogP contribution >= 0.6 is 0 Å². The Morgan fingerprint density at radius 1 is 0.950 bits per heavy atom. The molecule has 3 aromatic rings. The largest absolute Gasteiger partial charge is 0.353 e. The first-order valence-electron chi connectivity index (χ1n) is 6.16. The molecule has 0 saturated heterocycles. The molecule has 0 amide bonds. The highest BCUT2D eigenvalue weighted by Gasteiger charge is 2.13. The van der Waals surface area contributed by atoms with Crippen molar-refractivity contribution in [2.75, 3.05) is 0 Å². The van der Waals surface area contributed by atoms with Crippen molar-refractivity contribution < 1.29 is 8.78 Å². The standard InChI is InChI=1S/C16H11F2NO/c17-16(18)13-9-14(20)12-8-4-7-11(15(12)19-13)10-5-2-1-3-6-10/h1-9,16H,(H,19,20). The van der Waals surface area contributed by atoms with Crippen LogP contribution in [0.25, 0.3) is 22.0 Å². The first kappa shape index (κ1) is 12.5. The lowest BCUT2D eigenvalue weighted by molar-refractivity contribution is 0.146. The van der Waals surface area contributed by atoms with E-state index < -0.39 is 11.9 Å². The highest BCUT2D eigenvalue weighted by atomic mass is 19.3. The van der Waals surface area contributed by atoms with Crippen LogP contribution in [0.5, 0.6) is 0 Å². The molecule has 1 heterocycles. The summed E-state index contributed by atoms with van der Waals surface area (Å²) in [5, 5.41) is 0.413. The minimum atomic E-state index is -2.70. The van der Waals surface area contributed by atoms with E-state index in [1.54, 1.807) is 12.1 Å². The Morgan fingerprint density at radius 2 is 1.70 bits per heavy atom. The monoisotopic (exact) mass is 271 g/mol. The Hall–Kier alpha value is -2.49. The number of nitrogens with one attached hydrogen (secondary N) is 1. The van der Waals surface area contributed by atoms with Gasteiger partial charge in [0.2, 0.25) is 0 Å². The number of aromatic nitrogens is 1. The number of benzene rings is 2. The summed E-state index contributed by atoms with van der Waals surface area (Å²) in [4.78, 5) is 14.6. The molecule has 2 aromatic carbocycles. The second-order valence-corrected chi connectivity index (χ2v) is 4.48. The highest BCUT2D eigenvalue weighted by Crippen LogP contribution is 2.27. The summed E-state index contributed by atoms with van der Waals surface area (Å²) in [7, 11) is 0. The fourth-order valence-corrected chi connectivity index (χ4v) is 2.27. The smallest absolute Gasteiger partial charge is 0.278 e. The van der Waals surface area contributed by atoms with E-state index in [2.05, 4.69) is 4.98 Å². The number of halogens is 2. The molecule has 4 heteroatoms. The van der Waals surface area contributed by atoms with E-state index in [0.29, 0.717) is 10.9 Å². The van der Waals surface area contributed by atoms with Gasteiger partial charge in [-0.15, -0.1) is 0 Å². The maximum Gasteiger partial charge on any atom is 0.278 e. The lowest BCUT2D eigenvalue weighted by atomic mass is 10.0.